The van der Waals surface area contributed by atoms with E-state index < -0.39 is 12.0 Å². The lowest BCUT2D eigenvalue weighted by Gasteiger charge is -2.08. The second-order valence-corrected chi connectivity index (χ2v) is 4.21. The lowest BCUT2D eigenvalue weighted by Crippen LogP contribution is -2.19. The molecule has 0 aromatic heterocycles. The third-order valence-electron chi connectivity index (χ3n) is 2.46. The molecule has 0 heterocycles. The summed E-state index contributed by atoms with van der Waals surface area (Å²) in [5, 5.41) is 5.14. The summed E-state index contributed by atoms with van der Waals surface area (Å²) < 4.78 is 17.7. The molecule has 21 heavy (non-hydrogen) atoms. The number of ether oxygens (including phenoxy) is 1. The van der Waals surface area contributed by atoms with Crippen LogP contribution in [0.5, 0.6) is 5.75 Å². The SMILES string of the molecule is CC(=O)Oc1cccc(NC(=O)Nc2ccc(F)cc2)c1. The van der Waals surface area contributed by atoms with E-state index in [1.807, 2.05) is 0 Å². The summed E-state index contributed by atoms with van der Waals surface area (Å²) in [5.41, 5.74) is 0.929. The summed E-state index contributed by atoms with van der Waals surface area (Å²) in [5.74, 6) is -0.486. The van der Waals surface area contributed by atoms with Gasteiger partial charge >= 0.3 is 12.0 Å². The van der Waals surface area contributed by atoms with Gasteiger partial charge in [0.15, 0.2) is 0 Å². The standard InChI is InChI=1S/C15H13FN2O3/c1-10(19)21-14-4-2-3-13(9-14)18-15(20)17-12-7-5-11(16)6-8-12/h2-9H,1H3,(H2,17,18,20). The van der Waals surface area contributed by atoms with Crippen LogP contribution in [0.15, 0.2) is 48.5 Å². The number of anilines is 2. The van der Waals surface area contributed by atoms with Crippen molar-refractivity contribution in [3.8, 4) is 5.75 Å². The van der Waals surface area contributed by atoms with E-state index in [0.29, 0.717) is 17.1 Å². The van der Waals surface area contributed by atoms with Crippen molar-refractivity contribution in [2.75, 3.05) is 10.6 Å². The van der Waals surface area contributed by atoms with Gasteiger partial charge in [0, 0.05) is 24.4 Å². The van der Waals surface area contributed by atoms with Crippen LogP contribution in [0, 0.1) is 5.82 Å². The highest BCUT2D eigenvalue weighted by atomic mass is 19.1. The Labute approximate surface area is 120 Å². The number of halogens is 1. The normalized spacial score (nSPS) is 9.81. The summed E-state index contributed by atoms with van der Waals surface area (Å²) in [7, 11) is 0. The quantitative estimate of drug-likeness (QED) is 0.672. The van der Waals surface area contributed by atoms with Crippen LogP contribution < -0.4 is 15.4 Å². The van der Waals surface area contributed by atoms with Gasteiger partial charge in [-0.2, -0.15) is 0 Å². The average molecular weight is 288 g/mol. The van der Waals surface area contributed by atoms with Crippen molar-refractivity contribution in [1.82, 2.24) is 0 Å². The van der Waals surface area contributed by atoms with Crippen molar-refractivity contribution in [2.45, 2.75) is 6.92 Å². The molecular weight excluding hydrogens is 275 g/mol. The fourth-order valence-electron chi connectivity index (χ4n) is 1.63. The van der Waals surface area contributed by atoms with Gasteiger partial charge in [-0.3, -0.25) is 4.79 Å². The van der Waals surface area contributed by atoms with Gasteiger partial charge in [0.25, 0.3) is 0 Å². The van der Waals surface area contributed by atoms with Gasteiger partial charge in [0.2, 0.25) is 0 Å². The Balaban J connectivity index is 1.99. The molecule has 5 nitrogen and oxygen atoms in total. The minimum absolute atomic E-state index is 0.335. The highest BCUT2D eigenvalue weighted by molar-refractivity contribution is 5.99. The van der Waals surface area contributed by atoms with Crippen molar-refractivity contribution in [3.05, 3.63) is 54.3 Å². The summed E-state index contributed by atoms with van der Waals surface area (Å²) in [6.07, 6.45) is 0. The molecule has 0 atom stereocenters. The smallest absolute Gasteiger partial charge is 0.323 e. The van der Waals surface area contributed by atoms with E-state index in [1.54, 1.807) is 18.2 Å². The maximum Gasteiger partial charge on any atom is 0.323 e. The zero-order valence-corrected chi connectivity index (χ0v) is 11.2. The maximum absolute atomic E-state index is 12.7. The van der Waals surface area contributed by atoms with Crippen LogP contribution in [0.2, 0.25) is 0 Å². The number of benzene rings is 2. The molecule has 2 rings (SSSR count). The van der Waals surface area contributed by atoms with E-state index >= 15 is 0 Å². The second kappa shape index (κ2) is 6.51. The van der Waals surface area contributed by atoms with Crippen LogP contribution in [0.1, 0.15) is 6.92 Å². The van der Waals surface area contributed by atoms with Gasteiger partial charge in [-0.1, -0.05) is 6.07 Å². The van der Waals surface area contributed by atoms with Crippen molar-refractivity contribution in [2.24, 2.45) is 0 Å². The van der Waals surface area contributed by atoms with Crippen LogP contribution in [-0.2, 0) is 4.79 Å². The van der Waals surface area contributed by atoms with Crippen LogP contribution in [0.4, 0.5) is 20.6 Å². The number of amides is 2. The molecule has 2 aromatic carbocycles. The minimum atomic E-state index is -0.485. The number of carbonyl (C=O) groups is 2. The van der Waals surface area contributed by atoms with Gasteiger partial charge in [0.1, 0.15) is 11.6 Å². The monoisotopic (exact) mass is 288 g/mol. The number of hydrogen-bond donors (Lipinski definition) is 2. The molecule has 2 N–H and O–H groups in total. The van der Waals surface area contributed by atoms with Crippen molar-refractivity contribution < 1.29 is 18.7 Å². The lowest BCUT2D eigenvalue weighted by atomic mass is 10.3. The molecule has 0 saturated heterocycles. The van der Waals surface area contributed by atoms with Crippen LogP contribution >= 0.6 is 0 Å². The molecule has 0 saturated carbocycles. The average Bonchev–Trinajstić information content (AvgIpc) is 2.41. The molecule has 0 unspecified atom stereocenters. The van der Waals surface area contributed by atoms with Gasteiger partial charge in [-0.15, -0.1) is 0 Å². The maximum atomic E-state index is 12.7. The van der Waals surface area contributed by atoms with Gasteiger partial charge < -0.3 is 15.4 Å². The molecule has 108 valence electrons. The predicted octanol–water partition coefficient (Wildman–Crippen LogP) is 3.40. The Hall–Kier alpha value is -2.89. The zero-order valence-electron chi connectivity index (χ0n) is 11.2. The number of urea groups is 1. The lowest BCUT2D eigenvalue weighted by molar-refractivity contribution is -0.131. The highest BCUT2D eigenvalue weighted by Gasteiger charge is 2.05. The summed E-state index contributed by atoms with van der Waals surface area (Å²) in [6.45, 7) is 1.29. The fourth-order valence-corrected chi connectivity index (χ4v) is 1.63. The molecule has 0 radical (unpaired) electrons. The molecular formula is C15H13FN2O3. The van der Waals surface area contributed by atoms with E-state index in [4.69, 9.17) is 4.74 Å². The number of rotatable bonds is 3. The summed E-state index contributed by atoms with van der Waals surface area (Å²) in [6, 6.07) is 11.3. The Morgan fingerprint density at radius 3 is 2.33 bits per heavy atom. The molecule has 6 heteroatoms. The zero-order chi connectivity index (χ0) is 15.2. The van der Waals surface area contributed by atoms with Crippen molar-refractivity contribution in [1.29, 1.82) is 0 Å². The fraction of sp³-hybridized carbons (Fsp3) is 0.0667. The Morgan fingerprint density at radius 2 is 1.67 bits per heavy atom. The number of carbonyl (C=O) groups excluding carboxylic acids is 2. The third-order valence-corrected chi connectivity index (χ3v) is 2.46. The first-order chi connectivity index (χ1) is 10.0. The largest absolute Gasteiger partial charge is 0.427 e. The van der Waals surface area contributed by atoms with Crippen LogP contribution in [-0.4, -0.2) is 12.0 Å². The summed E-state index contributed by atoms with van der Waals surface area (Å²) in [4.78, 5) is 22.6. The molecule has 0 bridgehead atoms. The molecule has 0 fully saturated rings. The minimum Gasteiger partial charge on any atom is -0.427 e. The molecule has 2 amide bonds. The van der Waals surface area contributed by atoms with E-state index in [9.17, 15) is 14.0 Å². The number of nitrogens with one attached hydrogen (secondary N) is 2. The van der Waals surface area contributed by atoms with Crippen molar-refractivity contribution >= 4 is 23.4 Å². The van der Waals surface area contributed by atoms with E-state index in [2.05, 4.69) is 10.6 Å². The third kappa shape index (κ3) is 4.61. The molecule has 0 spiro atoms. The summed E-state index contributed by atoms with van der Waals surface area (Å²) >= 11 is 0. The first-order valence-corrected chi connectivity index (χ1v) is 6.15. The molecule has 0 aliphatic rings. The second-order valence-electron chi connectivity index (χ2n) is 4.21. The van der Waals surface area contributed by atoms with Gasteiger partial charge in [-0.05, 0) is 36.4 Å². The van der Waals surface area contributed by atoms with Crippen LogP contribution in [0.25, 0.3) is 0 Å². The Bertz CT molecular complexity index is 656. The predicted molar refractivity (Wildman–Crippen MR) is 76.8 cm³/mol. The van der Waals surface area contributed by atoms with Gasteiger partial charge in [0.05, 0.1) is 0 Å². The number of esters is 1. The molecule has 0 aliphatic heterocycles. The molecule has 0 aliphatic carbocycles. The van der Waals surface area contributed by atoms with E-state index in [0.717, 1.165) is 0 Å². The topological polar surface area (TPSA) is 67.4 Å². The Morgan fingerprint density at radius 1 is 1.00 bits per heavy atom. The van der Waals surface area contributed by atoms with Gasteiger partial charge in [-0.25, -0.2) is 9.18 Å². The Kier molecular flexibility index (Phi) is 4.50. The van der Waals surface area contributed by atoms with E-state index in [-0.39, 0.29) is 5.82 Å². The van der Waals surface area contributed by atoms with E-state index in [1.165, 1.54) is 37.3 Å². The van der Waals surface area contributed by atoms with Crippen molar-refractivity contribution in [3.63, 3.8) is 0 Å². The number of hydrogen-bond acceptors (Lipinski definition) is 3. The van der Waals surface area contributed by atoms with Crippen LogP contribution in [0.3, 0.4) is 0 Å². The first kappa shape index (κ1) is 14.5. The highest BCUT2D eigenvalue weighted by Crippen LogP contribution is 2.18. The first-order valence-electron chi connectivity index (χ1n) is 6.15. The molecule has 2 aromatic rings.